The van der Waals surface area contributed by atoms with E-state index in [1.807, 2.05) is 0 Å². The van der Waals surface area contributed by atoms with Gasteiger partial charge in [0.05, 0.1) is 20.1 Å². The van der Waals surface area contributed by atoms with Gasteiger partial charge in [0, 0.05) is 20.0 Å². The number of quaternary nitrogens is 1. The Morgan fingerprint density at radius 2 is 1.75 bits per heavy atom. The summed E-state index contributed by atoms with van der Waals surface area (Å²) in [6.07, 6.45) is -2.44. The van der Waals surface area contributed by atoms with Crippen molar-refractivity contribution in [3.05, 3.63) is 0 Å². The second-order valence-electron chi connectivity index (χ2n) is 3.98. The van der Waals surface area contributed by atoms with Crippen LogP contribution < -0.4 is 5.11 Å². The molecule has 1 aliphatic rings. The summed E-state index contributed by atoms with van der Waals surface area (Å²) in [6, 6.07) is 0. The number of methoxy groups -OCH3 is 1. The quantitative estimate of drug-likeness (QED) is 0.648. The third-order valence-electron chi connectivity index (χ3n) is 2.32. The minimum atomic E-state index is -5.19. The summed E-state index contributed by atoms with van der Waals surface area (Å²) < 4.78 is 37.8. The van der Waals surface area contributed by atoms with Gasteiger partial charge in [0.1, 0.15) is 5.97 Å². The third-order valence-corrected chi connectivity index (χ3v) is 2.32. The summed E-state index contributed by atoms with van der Waals surface area (Å²) >= 11 is 0. The van der Waals surface area contributed by atoms with Crippen LogP contribution in [0.5, 0.6) is 0 Å². The lowest BCUT2D eigenvalue weighted by molar-refractivity contribution is -0.916. The molecule has 0 radical (unpaired) electrons. The van der Waals surface area contributed by atoms with Crippen molar-refractivity contribution in [1.82, 2.24) is 0 Å². The van der Waals surface area contributed by atoms with Crippen LogP contribution in [0.4, 0.5) is 13.2 Å². The molecule has 0 bridgehead atoms. The first kappa shape index (κ1) is 15.2. The van der Waals surface area contributed by atoms with E-state index < -0.39 is 12.1 Å². The largest absolute Gasteiger partial charge is 0.542 e. The van der Waals surface area contributed by atoms with Crippen LogP contribution in [-0.4, -0.2) is 50.6 Å². The van der Waals surface area contributed by atoms with Crippen LogP contribution in [0.3, 0.4) is 0 Å². The molecule has 4 nitrogen and oxygen atoms in total. The number of carboxylic acids is 1. The van der Waals surface area contributed by atoms with Crippen molar-refractivity contribution in [1.29, 1.82) is 0 Å². The number of rotatable bonds is 2. The van der Waals surface area contributed by atoms with Crippen LogP contribution in [0.1, 0.15) is 12.8 Å². The van der Waals surface area contributed by atoms with E-state index in [4.69, 9.17) is 14.6 Å². The van der Waals surface area contributed by atoms with Crippen molar-refractivity contribution in [2.75, 3.05) is 34.0 Å². The maximum absolute atomic E-state index is 10.5. The Labute approximate surface area is 92.2 Å². The molecule has 1 fully saturated rings. The van der Waals surface area contributed by atoms with E-state index in [-0.39, 0.29) is 0 Å². The average molecular weight is 243 g/mol. The lowest BCUT2D eigenvalue weighted by Gasteiger charge is -2.27. The molecular formula is C9H16F3NO3. The predicted molar refractivity (Wildman–Crippen MR) is 48.1 cm³/mol. The first-order valence-electron chi connectivity index (χ1n) is 4.82. The van der Waals surface area contributed by atoms with Gasteiger partial charge in [0.2, 0.25) is 0 Å². The Hall–Kier alpha value is -0.820. The summed E-state index contributed by atoms with van der Waals surface area (Å²) in [5.74, 6) is -3.01. The van der Waals surface area contributed by atoms with Crippen LogP contribution in [0.25, 0.3) is 0 Å². The number of carbonyl (C=O) groups is 1. The number of aliphatic carboxylic acids is 1. The zero-order valence-electron chi connectivity index (χ0n) is 9.34. The standard InChI is InChI=1S/C7H16NO.C2HF3O2/c1-8(7-9-2)5-3-4-6-8;3-2(4,5)1(6)7/h3-7H2,1-2H3;(H,6,7)/q+1;/p-1. The zero-order chi connectivity index (χ0) is 12.8. The van der Waals surface area contributed by atoms with Gasteiger partial charge in [0.15, 0.2) is 6.73 Å². The Kier molecular flexibility index (Phi) is 5.74. The molecule has 0 saturated carbocycles. The molecule has 96 valence electrons. The van der Waals surface area contributed by atoms with Crippen LogP contribution in [0.15, 0.2) is 0 Å². The molecule has 0 N–H and O–H groups in total. The van der Waals surface area contributed by atoms with Crippen molar-refractivity contribution < 1.29 is 32.3 Å². The summed E-state index contributed by atoms with van der Waals surface area (Å²) in [4.78, 5) is 8.78. The molecule has 0 amide bonds. The Balaban J connectivity index is 0.000000293. The van der Waals surface area contributed by atoms with Crippen LogP contribution in [-0.2, 0) is 9.53 Å². The number of hydrogen-bond donors (Lipinski definition) is 0. The number of ether oxygens (including phenoxy) is 1. The van der Waals surface area contributed by atoms with Crippen LogP contribution in [0.2, 0.25) is 0 Å². The van der Waals surface area contributed by atoms with Gasteiger partial charge in [0.25, 0.3) is 0 Å². The molecule has 1 rings (SSSR count). The SMILES string of the molecule is COC[N+]1(C)CCCC1.O=C([O-])C(F)(F)F. The lowest BCUT2D eigenvalue weighted by atomic mass is 10.4. The molecule has 16 heavy (non-hydrogen) atoms. The predicted octanol–water partition coefficient (Wildman–Crippen LogP) is 0.129. The maximum atomic E-state index is 10.5. The number of likely N-dealkylation sites (tertiary alicyclic amines) is 1. The smallest absolute Gasteiger partial charge is 0.430 e. The number of halogens is 3. The first-order chi connectivity index (χ1) is 7.21. The maximum Gasteiger partial charge on any atom is 0.430 e. The molecule has 0 spiro atoms. The normalized spacial score (nSPS) is 18.8. The Morgan fingerprint density at radius 1 is 1.38 bits per heavy atom. The van der Waals surface area contributed by atoms with Gasteiger partial charge < -0.3 is 19.1 Å². The molecule has 0 atom stereocenters. The topological polar surface area (TPSA) is 49.4 Å². The molecule has 1 aliphatic heterocycles. The van der Waals surface area contributed by atoms with Crippen molar-refractivity contribution >= 4 is 5.97 Å². The van der Waals surface area contributed by atoms with Crippen molar-refractivity contribution in [2.45, 2.75) is 19.0 Å². The van der Waals surface area contributed by atoms with Crippen molar-refractivity contribution in [2.24, 2.45) is 0 Å². The third kappa shape index (κ3) is 5.92. The number of alkyl halides is 3. The van der Waals surface area contributed by atoms with E-state index in [0.29, 0.717) is 0 Å². The van der Waals surface area contributed by atoms with Gasteiger partial charge in [-0.25, -0.2) is 0 Å². The molecule has 0 aromatic carbocycles. The van der Waals surface area contributed by atoms with Gasteiger partial charge >= 0.3 is 6.18 Å². The molecule has 0 aromatic rings. The van der Waals surface area contributed by atoms with Crippen LogP contribution in [0, 0.1) is 0 Å². The Bertz CT molecular complexity index is 225. The number of carbonyl (C=O) groups excluding carboxylic acids is 1. The van der Waals surface area contributed by atoms with Gasteiger partial charge in [-0.3, -0.25) is 0 Å². The molecule has 1 heterocycles. The summed E-state index contributed by atoms with van der Waals surface area (Å²) in [5, 5.41) is 8.78. The zero-order valence-corrected chi connectivity index (χ0v) is 9.34. The van der Waals surface area contributed by atoms with E-state index in [1.54, 1.807) is 7.11 Å². The molecule has 7 heteroatoms. The molecular weight excluding hydrogens is 227 g/mol. The second kappa shape index (κ2) is 6.05. The van der Waals surface area contributed by atoms with E-state index in [0.717, 1.165) is 11.2 Å². The minimum absolute atomic E-state index is 0.889. The fourth-order valence-corrected chi connectivity index (χ4v) is 1.54. The number of nitrogens with zero attached hydrogens (tertiary/aromatic N) is 1. The molecule has 0 unspecified atom stereocenters. The average Bonchev–Trinajstić information content (AvgIpc) is 2.52. The summed E-state index contributed by atoms with van der Waals surface area (Å²) in [5.41, 5.74) is 0. The second-order valence-corrected chi connectivity index (χ2v) is 3.98. The monoisotopic (exact) mass is 243 g/mol. The lowest BCUT2D eigenvalue weighted by Crippen LogP contribution is -2.42. The highest BCUT2D eigenvalue weighted by molar-refractivity contribution is 5.70. The van der Waals surface area contributed by atoms with E-state index in [9.17, 15) is 13.2 Å². The molecule has 1 saturated heterocycles. The highest BCUT2D eigenvalue weighted by Crippen LogP contribution is 2.15. The van der Waals surface area contributed by atoms with Gasteiger partial charge in [-0.2, -0.15) is 13.2 Å². The van der Waals surface area contributed by atoms with E-state index in [1.165, 1.54) is 25.9 Å². The summed E-state index contributed by atoms with van der Waals surface area (Å²) in [6.45, 7) is 3.49. The van der Waals surface area contributed by atoms with Crippen molar-refractivity contribution in [3.8, 4) is 0 Å². The summed E-state index contributed by atoms with van der Waals surface area (Å²) in [7, 11) is 4.04. The van der Waals surface area contributed by atoms with Crippen molar-refractivity contribution in [3.63, 3.8) is 0 Å². The fourth-order valence-electron chi connectivity index (χ4n) is 1.54. The van der Waals surface area contributed by atoms with E-state index in [2.05, 4.69) is 7.05 Å². The van der Waals surface area contributed by atoms with Gasteiger partial charge in [-0.05, 0) is 0 Å². The highest BCUT2D eigenvalue weighted by atomic mass is 19.4. The van der Waals surface area contributed by atoms with Crippen LogP contribution >= 0.6 is 0 Å². The highest BCUT2D eigenvalue weighted by Gasteiger charge is 2.28. The minimum Gasteiger partial charge on any atom is -0.542 e. The van der Waals surface area contributed by atoms with E-state index >= 15 is 0 Å². The van der Waals surface area contributed by atoms with Gasteiger partial charge in [-0.1, -0.05) is 0 Å². The first-order valence-corrected chi connectivity index (χ1v) is 4.82. The Morgan fingerprint density at radius 3 is 2.00 bits per heavy atom. The molecule has 0 aromatic heterocycles. The number of hydrogen-bond acceptors (Lipinski definition) is 3. The number of carboxylic acid groups (broad SMARTS) is 1. The molecule has 0 aliphatic carbocycles. The van der Waals surface area contributed by atoms with Gasteiger partial charge in [-0.15, -0.1) is 0 Å². The fraction of sp³-hybridized carbons (Fsp3) is 0.889.